The molecule has 4 aliphatic rings. The first-order valence-electron chi connectivity index (χ1n) is 8.96. The van der Waals surface area contributed by atoms with Gasteiger partial charge in [-0.3, -0.25) is 4.79 Å². The average molecular weight is 368 g/mol. The highest BCUT2D eigenvalue weighted by molar-refractivity contribution is 7.80. The van der Waals surface area contributed by atoms with Gasteiger partial charge in [0, 0.05) is 11.3 Å². The molecule has 0 radical (unpaired) electrons. The van der Waals surface area contributed by atoms with Gasteiger partial charge in [0.2, 0.25) is 6.10 Å². The Balaban J connectivity index is 0.000000183. The first-order valence-corrected chi connectivity index (χ1v) is 9.59. The second-order valence-corrected chi connectivity index (χ2v) is 8.35. The van der Waals surface area contributed by atoms with Crippen molar-refractivity contribution in [2.24, 2.45) is 29.4 Å². The van der Waals surface area contributed by atoms with Gasteiger partial charge in [0.05, 0.1) is 18.4 Å². The third-order valence-electron chi connectivity index (χ3n) is 5.57. The van der Waals surface area contributed by atoms with E-state index in [0.717, 1.165) is 17.8 Å². The van der Waals surface area contributed by atoms with Crippen molar-refractivity contribution in [3.63, 3.8) is 0 Å². The molecule has 4 rings (SSSR count). The number of aliphatic carboxylic acids is 1. The summed E-state index contributed by atoms with van der Waals surface area (Å²) in [6.45, 7) is 1.57. The predicted molar refractivity (Wildman–Crippen MR) is 95.9 cm³/mol. The minimum absolute atomic E-state index is 0.276. The Morgan fingerprint density at radius 3 is 2.08 bits per heavy atom. The Morgan fingerprint density at radius 1 is 1.28 bits per heavy atom. The number of hydrogen-bond acceptors (Lipinski definition) is 6. The first kappa shape index (κ1) is 20.1. The Morgan fingerprint density at radius 2 is 1.76 bits per heavy atom. The van der Waals surface area contributed by atoms with Gasteiger partial charge in [-0.2, -0.15) is 17.9 Å². The number of carbonyl (C=O) groups is 2. The second-order valence-electron chi connectivity index (χ2n) is 7.99. The average Bonchev–Trinajstić information content (AvgIpc) is 2.51. The molecule has 2 atom stereocenters. The number of hydrogen-bond donors (Lipinski definition) is 3. The van der Waals surface area contributed by atoms with Crippen molar-refractivity contribution in [2.45, 2.75) is 63.5 Å². The lowest BCUT2D eigenvalue weighted by atomic mass is 9.53. The van der Waals surface area contributed by atoms with Crippen molar-refractivity contribution in [2.75, 3.05) is 5.75 Å². The zero-order valence-electron chi connectivity index (χ0n) is 14.7. The fourth-order valence-corrected chi connectivity index (χ4v) is 4.92. The van der Waals surface area contributed by atoms with E-state index >= 15 is 0 Å². The minimum Gasteiger partial charge on any atom is -0.478 e. The third-order valence-corrected chi connectivity index (χ3v) is 6.12. The van der Waals surface area contributed by atoms with E-state index in [1.807, 2.05) is 0 Å². The summed E-state index contributed by atoms with van der Waals surface area (Å²) in [4.78, 5) is 21.6. The van der Waals surface area contributed by atoms with E-state index in [2.05, 4.69) is 17.4 Å². The molecule has 1 unspecified atom stereocenters. The van der Waals surface area contributed by atoms with Crippen LogP contribution in [0.1, 0.15) is 51.9 Å². The summed E-state index contributed by atoms with van der Waals surface area (Å²) in [5.41, 5.74) is 6.62. The van der Waals surface area contributed by atoms with E-state index in [1.54, 1.807) is 13.0 Å². The summed E-state index contributed by atoms with van der Waals surface area (Å²) < 4.78 is 4.60. The third kappa shape index (κ3) is 5.35. The normalized spacial score (nSPS) is 34.2. The van der Waals surface area contributed by atoms with Crippen molar-refractivity contribution in [3.8, 4) is 6.07 Å². The fraction of sp³-hybridized carbons (Fsp3) is 0.833. The number of carboxylic acid groups (broad SMARTS) is 1. The van der Waals surface area contributed by atoms with Crippen LogP contribution in [0.25, 0.3) is 0 Å². The molecule has 4 saturated carbocycles. The molecule has 0 spiro atoms. The van der Waals surface area contributed by atoms with Gasteiger partial charge >= 0.3 is 11.9 Å². The van der Waals surface area contributed by atoms with Crippen LogP contribution in [0.5, 0.6) is 0 Å². The van der Waals surface area contributed by atoms with Crippen LogP contribution in [0.4, 0.5) is 0 Å². The summed E-state index contributed by atoms with van der Waals surface area (Å²) in [6.07, 6.45) is 6.84. The minimum atomic E-state index is -1.38. The molecule has 0 aromatic rings. The maximum absolute atomic E-state index is 11.1. The number of rotatable bonds is 5. The molecule has 4 bridgehead atoms. The maximum Gasteiger partial charge on any atom is 0.346 e. The van der Waals surface area contributed by atoms with Gasteiger partial charge in [-0.15, -0.1) is 0 Å². The lowest BCUT2D eigenvalue weighted by Crippen LogP contribution is -2.55. The topological polar surface area (TPSA) is 113 Å². The lowest BCUT2D eigenvalue weighted by molar-refractivity contribution is -0.165. The van der Waals surface area contributed by atoms with Crippen molar-refractivity contribution in [3.05, 3.63) is 0 Å². The SMILES string of the molecule is C[C@H](CS)C(=O)OC(CC#N)C(=O)O.NC12CC3CC(CC(C3)C1)C2. The fourth-order valence-electron chi connectivity index (χ4n) is 4.77. The molecule has 0 aromatic heterocycles. The van der Waals surface area contributed by atoms with E-state index in [4.69, 9.17) is 16.1 Å². The van der Waals surface area contributed by atoms with Crippen LogP contribution in [-0.2, 0) is 14.3 Å². The van der Waals surface area contributed by atoms with Crippen molar-refractivity contribution >= 4 is 24.6 Å². The van der Waals surface area contributed by atoms with Crippen LogP contribution in [0.2, 0.25) is 0 Å². The van der Waals surface area contributed by atoms with E-state index < -0.39 is 24.0 Å². The van der Waals surface area contributed by atoms with Crippen LogP contribution in [-0.4, -0.2) is 34.4 Å². The van der Waals surface area contributed by atoms with Crippen molar-refractivity contribution in [1.82, 2.24) is 0 Å². The number of nitrogens with zero attached hydrogens (tertiary/aromatic N) is 1. The molecule has 0 amide bonds. The molecule has 6 nitrogen and oxygen atoms in total. The summed E-state index contributed by atoms with van der Waals surface area (Å²) in [5, 5.41) is 16.8. The molecular formula is C18H28N2O4S. The van der Waals surface area contributed by atoms with E-state index in [1.165, 1.54) is 38.5 Å². The molecule has 3 N–H and O–H groups in total. The summed E-state index contributed by atoms with van der Waals surface area (Å²) in [6, 6.07) is 1.63. The van der Waals surface area contributed by atoms with Crippen molar-refractivity contribution < 1.29 is 19.4 Å². The number of thiol groups is 1. The molecule has 4 fully saturated rings. The monoisotopic (exact) mass is 368 g/mol. The maximum atomic E-state index is 11.1. The standard InChI is InChI=1S/C10H17N.C8H11NO4S/c11-10-4-7-1-8(5-10)3-9(2-7)6-10;1-5(4-14)8(12)13-6(2-3-9)7(10)11/h7-9H,1-6,11H2;5-6,14H,2,4H2,1H3,(H,10,11)/t;5-,6?/m.1/s1. The number of carbonyl (C=O) groups excluding carboxylic acids is 1. The van der Waals surface area contributed by atoms with E-state index in [-0.39, 0.29) is 12.2 Å². The number of ether oxygens (including phenoxy) is 1. The van der Waals surface area contributed by atoms with Gasteiger partial charge in [-0.25, -0.2) is 4.79 Å². The van der Waals surface area contributed by atoms with Gasteiger partial charge in [0.25, 0.3) is 0 Å². The number of nitriles is 1. The van der Waals surface area contributed by atoms with Gasteiger partial charge in [0.1, 0.15) is 0 Å². The van der Waals surface area contributed by atoms with Crippen LogP contribution < -0.4 is 5.73 Å². The van der Waals surface area contributed by atoms with E-state index in [0.29, 0.717) is 5.54 Å². The van der Waals surface area contributed by atoms with E-state index in [9.17, 15) is 9.59 Å². The quantitative estimate of drug-likeness (QED) is 0.507. The first-order chi connectivity index (χ1) is 11.8. The van der Waals surface area contributed by atoms with Crippen LogP contribution in [0.3, 0.4) is 0 Å². The molecular weight excluding hydrogens is 340 g/mol. The molecule has 7 heteroatoms. The number of nitrogens with two attached hydrogens (primary N) is 1. The highest BCUT2D eigenvalue weighted by Crippen LogP contribution is 2.54. The molecule has 140 valence electrons. The molecule has 0 heterocycles. The van der Waals surface area contributed by atoms with Crippen LogP contribution in [0, 0.1) is 35.0 Å². The Bertz CT molecular complexity index is 510. The van der Waals surface area contributed by atoms with Gasteiger partial charge in [-0.1, -0.05) is 6.92 Å². The Kier molecular flexibility index (Phi) is 6.75. The Hall–Kier alpha value is -1.26. The summed E-state index contributed by atoms with van der Waals surface area (Å²) in [5.74, 6) is 0.897. The zero-order chi connectivity index (χ0) is 18.6. The molecule has 4 aliphatic carbocycles. The molecule has 0 saturated heterocycles. The largest absolute Gasteiger partial charge is 0.478 e. The van der Waals surface area contributed by atoms with Gasteiger partial charge in [-0.05, 0) is 56.3 Å². The van der Waals surface area contributed by atoms with Gasteiger partial charge < -0.3 is 15.6 Å². The number of carboxylic acids is 1. The summed E-state index contributed by atoms with van der Waals surface area (Å²) in [7, 11) is 0. The Labute approximate surface area is 154 Å². The zero-order valence-corrected chi connectivity index (χ0v) is 15.6. The highest BCUT2D eigenvalue weighted by Gasteiger charge is 2.48. The lowest BCUT2D eigenvalue weighted by Gasteiger charge is -2.55. The number of esters is 1. The smallest absolute Gasteiger partial charge is 0.346 e. The van der Waals surface area contributed by atoms with Crippen LogP contribution >= 0.6 is 12.6 Å². The highest BCUT2D eigenvalue weighted by atomic mass is 32.1. The molecule has 25 heavy (non-hydrogen) atoms. The second kappa shape index (κ2) is 8.41. The molecule has 0 aliphatic heterocycles. The van der Waals surface area contributed by atoms with Gasteiger partial charge in [0.15, 0.2) is 0 Å². The predicted octanol–water partition coefficient (Wildman–Crippen LogP) is 2.38. The molecule has 0 aromatic carbocycles. The summed E-state index contributed by atoms with van der Waals surface area (Å²) >= 11 is 3.87. The van der Waals surface area contributed by atoms with Crippen molar-refractivity contribution in [1.29, 1.82) is 5.26 Å². The van der Waals surface area contributed by atoms with Crippen LogP contribution in [0.15, 0.2) is 0 Å².